The largest absolute Gasteiger partial charge is 0.491 e. The van der Waals surface area contributed by atoms with Crippen molar-refractivity contribution in [1.29, 1.82) is 0 Å². The fourth-order valence-corrected chi connectivity index (χ4v) is 3.39. The topological polar surface area (TPSA) is 58.9 Å². The number of alkyl halides is 1. The van der Waals surface area contributed by atoms with Crippen LogP contribution in [0.3, 0.4) is 0 Å². The van der Waals surface area contributed by atoms with Crippen LogP contribution in [0, 0.1) is 5.92 Å². The van der Waals surface area contributed by atoms with Crippen molar-refractivity contribution in [2.24, 2.45) is 5.92 Å². The number of halogens is 3. The van der Waals surface area contributed by atoms with Gasteiger partial charge in [-0.3, -0.25) is 0 Å². The first kappa shape index (κ1) is 24.1. The van der Waals surface area contributed by atoms with Gasteiger partial charge in [-0.15, -0.1) is 11.6 Å². The van der Waals surface area contributed by atoms with Gasteiger partial charge in [-0.2, -0.15) is 0 Å². The molecule has 2 N–H and O–H groups in total. The van der Waals surface area contributed by atoms with E-state index in [1.165, 1.54) is 0 Å². The summed E-state index contributed by atoms with van der Waals surface area (Å²) in [4.78, 5) is 0. The van der Waals surface area contributed by atoms with Crippen LogP contribution in [-0.4, -0.2) is 42.0 Å². The van der Waals surface area contributed by atoms with Crippen molar-refractivity contribution in [2.45, 2.75) is 32.3 Å². The van der Waals surface area contributed by atoms with E-state index < -0.39 is 6.10 Å². The van der Waals surface area contributed by atoms with Crippen LogP contribution in [0.2, 0.25) is 10.0 Å². The van der Waals surface area contributed by atoms with Crippen LogP contribution in [0.15, 0.2) is 36.4 Å². The lowest BCUT2D eigenvalue weighted by molar-refractivity contribution is 0.0536. The van der Waals surface area contributed by atoms with Gasteiger partial charge in [0.2, 0.25) is 0 Å². The third-order valence-corrected chi connectivity index (χ3v) is 5.81. The summed E-state index contributed by atoms with van der Waals surface area (Å²) in [6.45, 7) is 6.29. The molecule has 7 heteroatoms. The molecule has 0 spiro atoms. The quantitative estimate of drug-likeness (QED) is 0.471. The number of aliphatic hydroxyl groups excluding tert-OH is 2. The Balaban J connectivity index is 2.19. The van der Waals surface area contributed by atoms with Crippen LogP contribution < -0.4 is 9.47 Å². The summed E-state index contributed by atoms with van der Waals surface area (Å²) < 4.78 is 11.2. The van der Waals surface area contributed by atoms with E-state index in [0.29, 0.717) is 34.0 Å². The standard InChI is InChI=1S/C22H27Cl3O4/c1-14(10-23)12-29-21-19(24)8-16(9-20(21)25)22(2,3)15-4-6-18(7-5-15)28-13-17(27)11-26/h4-9,14,17,26-27H,10-13H2,1-3H3/t14-,17+/m1/s1. The van der Waals surface area contributed by atoms with Crippen molar-refractivity contribution in [3.63, 3.8) is 0 Å². The highest BCUT2D eigenvalue weighted by Crippen LogP contribution is 2.40. The van der Waals surface area contributed by atoms with Crippen LogP contribution in [-0.2, 0) is 5.41 Å². The van der Waals surface area contributed by atoms with Gasteiger partial charge in [0.05, 0.1) is 23.3 Å². The van der Waals surface area contributed by atoms with E-state index >= 15 is 0 Å². The number of ether oxygens (including phenoxy) is 2. The molecule has 0 fully saturated rings. The van der Waals surface area contributed by atoms with E-state index in [-0.39, 0.29) is 24.5 Å². The Hall–Kier alpha value is -1.17. The smallest absolute Gasteiger partial charge is 0.156 e. The molecule has 0 aliphatic rings. The molecule has 2 rings (SSSR count). The molecule has 2 atom stereocenters. The molecule has 0 bridgehead atoms. The Morgan fingerprint density at radius 1 is 0.966 bits per heavy atom. The van der Waals surface area contributed by atoms with Crippen molar-refractivity contribution in [2.75, 3.05) is 25.7 Å². The minimum atomic E-state index is -0.899. The maximum absolute atomic E-state index is 9.39. The van der Waals surface area contributed by atoms with Gasteiger partial charge >= 0.3 is 0 Å². The molecule has 0 amide bonds. The molecule has 2 aromatic rings. The predicted octanol–water partition coefficient (Wildman–Crippen LogP) is 5.31. The minimum Gasteiger partial charge on any atom is -0.491 e. The Morgan fingerprint density at radius 3 is 2.07 bits per heavy atom. The van der Waals surface area contributed by atoms with Crippen molar-refractivity contribution in [1.82, 2.24) is 0 Å². The third-order valence-electron chi connectivity index (χ3n) is 4.72. The van der Waals surface area contributed by atoms with E-state index in [2.05, 4.69) is 13.8 Å². The lowest BCUT2D eigenvalue weighted by Crippen LogP contribution is -2.21. The summed E-state index contributed by atoms with van der Waals surface area (Å²) in [6, 6.07) is 11.3. The first-order valence-corrected chi connectivity index (χ1v) is 10.7. The summed E-state index contributed by atoms with van der Waals surface area (Å²) in [5.41, 5.74) is 1.64. The van der Waals surface area contributed by atoms with Crippen LogP contribution in [0.5, 0.6) is 11.5 Å². The fourth-order valence-electron chi connectivity index (χ4n) is 2.71. The number of aliphatic hydroxyl groups is 2. The number of benzene rings is 2. The summed E-state index contributed by atoms with van der Waals surface area (Å²) in [6.07, 6.45) is -0.899. The average Bonchev–Trinajstić information content (AvgIpc) is 2.71. The zero-order chi connectivity index (χ0) is 21.6. The molecule has 29 heavy (non-hydrogen) atoms. The van der Waals surface area contributed by atoms with E-state index in [9.17, 15) is 5.11 Å². The van der Waals surface area contributed by atoms with Crippen LogP contribution in [0.25, 0.3) is 0 Å². The molecular formula is C22H27Cl3O4. The zero-order valence-electron chi connectivity index (χ0n) is 16.8. The maximum Gasteiger partial charge on any atom is 0.156 e. The summed E-state index contributed by atoms with van der Waals surface area (Å²) in [5.74, 6) is 1.78. The molecule has 160 valence electrons. The predicted molar refractivity (Wildman–Crippen MR) is 119 cm³/mol. The second kappa shape index (κ2) is 10.7. The number of hydrogen-bond donors (Lipinski definition) is 2. The zero-order valence-corrected chi connectivity index (χ0v) is 19.1. The third kappa shape index (κ3) is 6.40. The van der Waals surface area contributed by atoms with Crippen molar-refractivity contribution >= 4 is 34.8 Å². The molecule has 0 aliphatic carbocycles. The van der Waals surface area contributed by atoms with E-state index in [1.54, 1.807) is 0 Å². The first-order chi connectivity index (χ1) is 13.7. The lowest BCUT2D eigenvalue weighted by atomic mass is 9.78. The normalized spacial score (nSPS) is 13.8. The van der Waals surface area contributed by atoms with Crippen molar-refractivity contribution in [3.8, 4) is 11.5 Å². The second-order valence-electron chi connectivity index (χ2n) is 7.64. The van der Waals surface area contributed by atoms with Gasteiger partial charge in [0.1, 0.15) is 18.5 Å². The average molecular weight is 462 g/mol. The van der Waals surface area contributed by atoms with E-state index in [0.717, 1.165) is 11.1 Å². The van der Waals surface area contributed by atoms with Gasteiger partial charge in [-0.05, 0) is 35.4 Å². The summed E-state index contributed by atoms with van der Waals surface area (Å²) in [7, 11) is 0. The highest BCUT2D eigenvalue weighted by molar-refractivity contribution is 6.37. The summed E-state index contributed by atoms with van der Waals surface area (Å²) in [5, 5.41) is 19.2. The molecule has 0 radical (unpaired) electrons. The summed E-state index contributed by atoms with van der Waals surface area (Å²) >= 11 is 18.7. The SMILES string of the molecule is C[C@H](CCl)COc1c(Cl)cc(C(C)(C)c2ccc(OC[C@@H](O)CO)cc2)cc1Cl. The van der Waals surface area contributed by atoms with Crippen molar-refractivity contribution in [3.05, 3.63) is 57.6 Å². The van der Waals surface area contributed by atoms with Gasteiger partial charge in [-0.1, -0.05) is 56.1 Å². The highest BCUT2D eigenvalue weighted by Gasteiger charge is 2.26. The van der Waals surface area contributed by atoms with E-state index in [4.69, 9.17) is 49.4 Å². The molecule has 0 aliphatic heterocycles. The van der Waals surface area contributed by atoms with Crippen LogP contribution in [0.4, 0.5) is 0 Å². The maximum atomic E-state index is 9.39. The van der Waals surface area contributed by atoms with Crippen LogP contribution in [0.1, 0.15) is 31.9 Å². The van der Waals surface area contributed by atoms with Gasteiger partial charge in [-0.25, -0.2) is 0 Å². The molecule has 2 aromatic carbocycles. The van der Waals surface area contributed by atoms with Crippen LogP contribution >= 0.6 is 34.8 Å². The second-order valence-corrected chi connectivity index (χ2v) is 8.76. The Morgan fingerprint density at radius 2 is 1.55 bits per heavy atom. The monoisotopic (exact) mass is 460 g/mol. The molecule has 0 heterocycles. The molecule has 0 saturated heterocycles. The highest BCUT2D eigenvalue weighted by atomic mass is 35.5. The van der Waals surface area contributed by atoms with Gasteiger partial charge < -0.3 is 19.7 Å². The Bertz CT molecular complexity index is 770. The van der Waals surface area contributed by atoms with Gasteiger partial charge in [0, 0.05) is 17.2 Å². The molecule has 0 saturated carbocycles. The molecule has 0 unspecified atom stereocenters. The minimum absolute atomic E-state index is 0.0360. The van der Waals surface area contributed by atoms with E-state index in [1.807, 2.05) is 43.3 Å². The lowest BCUT2D eigenvalue weighted by Gasteiger charge is -2.27. The molecule has 0 aromatic heterocycles. The first-order valence-electron chi connectivity index (χ1n) is 9.39. The fraction of sp³-hybridized carbons (Fsp3) is 0.455. The Labute approximate surface area is 187 Å². The van der Waals surface area contributed by atoms with Crippen molar-refractivity contribution < 1.29 is 19.7 Å². The number of hydrogen-bond acceptors (Lipinski definition) is 4. The molecular weight excluding hydrogens is 435 g/mol. The van der Waals surface area contributed by atoms with Gasteiger partial charge in [0.15, 0.2) is 5.75 Å². The Kier molecular flexibility index (Phi) is 8.92. The molecule has 4 nitrogen and oxygen atoms in total. The van der Waals surface area contributed by atoms with Gasteiger partial charge in [0.25, 0.3) is 0 Å². The number of rotatable bonds is 10.